The van der Waals surface area contributed by atoms with E-state index in [4.69, 9.17) is 9.72 Å². The monoisotopic (exact) mass is 590 g/mol. The van der Waals surface area contributed by atoms with Gasteiger partial charge >= 0.3 is 5.97 Å². The van der Waals surface area contributed by atoms with E-state index in [9.17, 15) is 14.7 Å². The summed E-state index contributed by atoms with van der Waals surface area (Å²) in [4.78, 5) is 34.9. The average molecular weight is 591 g/mol. The second-order valence-corrected chi connectivity index (χ2v) is 12.7. The van der Waals surface area contributed by atoms with Crippen LogP contribution < -0.4 is 9.64 Å². The first kappa shape index (κ1) is 30.0. The number of aryl methyl sites for hydroxylation is 2. The van der Waals surface area contributed by atoms with Crippen molar-refractivity contribution in [3.63, 3.8) is 0 Å². The molecule has 8 nitrogen and oxygen atoms in total. The fourth-order valence-electron chi connectivity index (χ4n) is 6.03. The second-order valence-electron chi connectivity index (χ2n) is 11.9. The van der Waals surface area contributed by atoms with Crippen molar-refractivity contribution in [2.24, 2.45) is 11.8 Å². The Morgan fingerprint density at radius 3 is 2.38 bits per heavy atom. The van der Waals surface area contributed by atoms with Gasteiger partial charge in [0.1, 0.15) is 12.4 Å². The molecule has 0 spiro atoms. The maximum atomic E-state index is 12.3. The molecule has 3 heterocycles. The van der Waals surface area contributed by atoms with E-state index in [2.05, 4.69) is 59.4 Å². The average Bonchev–Trinajstić information content (AvgIpc) is 3.47. The number of nitrogens with zero attached hydrogens (tertiary/aromatic N) is 4. The quantitative estimate of drug-likeness (QED) is 0.347. The molecule has 2 aromatic carbocycles. The number of para-hydroxylation sites is 1. The first-order chi connectivity index (χ1) is 20.2. The van der Waals surface area contributed by atoms with Crippen molar-refractivity contribution in [3.8, 4) is 17.0 Å². The number of aromatic nitrogens is 1. The van der Waals surface area contributed by atoms with Crippen LogP contribution in [0.1, 0.15) is 47.9 Å². The molecule has 0 saturated carbocycles. The van der Waals surface area contributed by atoms with Crippen molar-refractivity contribution in [2.45, 2.75) is 52.7 Å². The second kappa shape index (κ2) is 13.3. The van der Waals surface area contributed by atoms with E-state index in [0.29, 0.717) is 32.5 Å². The molecule has 9 heteroatoms. The van der Waals surface area contributed by atoms with Gasteiger partial charge in [-0.05, 0) is 80.9 Å². The number of anilines is 1. The number of benzene rings is 2. The molecule has 0 unspecified atom stereocenters. The van der Waals surface area contributed by atoms with E-state index in [1.807, 2.05) is 20.2 Å². The maximum Gasteiger partial charge on any atom is 0.306 e. The van der Waals surface area contributed by atoms with Crippen LogP contribution in [-0.4, -0.2) is 72.0 Å². The molecular weight excluding hydrogens is 548 g/mol. The maximum absolute atomic E-state index is 12.3. The molecule has 0 radical (unpaired) electrons. The summed E-state index contributed by atoms with van der Waals surface area (Å²) in [7, 11) is 3.68. The number of carbonyl (C=O) groups excluding carboxylic acids is 1. The van der Waals surface area contributed by atoms with E-state index < -0.39 is 5.97 Å². The molecule has 1 N–H and O–H groups in total. The number of carboxylic acid groups (broad SMARTS) is 1. The highest BCUT2D eigenvalue weighted by atomic mass is 32.1. The Morgan fingerprint density at radius 1 is 1.00 bits per heavy atom. The number of ether oxygens (including phenoxy) is 1. The van der Waals surface area contributed by atoms with Crippen molar-refractivity contribution in [3.05, 3.63) is 64.0 Å². The Morgan fingerprint density at radius 2 is 1.71 bits per heavy atom. The molecule has 2 aliphatic rings. The number of hydrogen-bond donors (Lipinski definition) is 1. The van der Waals surface area contributed by atoms with Crippen molar-refractivity contribution >= 4 is 28.3 Å². The fourth-order valence-corrected chi connectivity index (χ4v) is 6.91. The first-order valence-electron chi connectivity index (χ1n) is 14.9. The minimum absolute atomic E-state index is 0.149. The van der Waals surface area contributed by atoms with E-state index in [1.54, 1.807) is 16.2 Å². The summed E-state index contributed by atoms with van der Waals surface area (Å²) < 4.78 is 6.47. The van der Waals surface area contributed by atoms with Crippen LogP contribution in [0.5, 0.6) is 5.75 Å². The third kappa shape index (κ3) is 6.95. The van der Waals surface area contributed by atoms with Crippen LogP contribution >= 0.6 is 11.3 Å². The molecule has 1 aromatic heterocycles. The molecule has 224 valence electrons. The minimum Gasteiger partial charge on any atom is -0.488 e. The van der Waals surface area contributed by atoms with E-state index in [0.717, 1.165) is 65.7 Å². The van der Waals surface area contributed by atoms with Crippen LogP contribution in [0.4, 0.5) is 5.13 Å². The van der Waals surface area contributed by atoms with Gasteiger partial charge in [0.15, 0.2) is 5.13 Å². The number of aliphatic carboxylic acids is 1. The lowest BCUT2D eigenvalue weighted by Crippen LogP contribution is -2.39. The van der Waals surface area contributed by atoms with Crippen LogP contribution in [0.25, 0.3) is 11.3 Å². The van der Waals surface area contributed by atoms with Gasteiger partial charge in [0.25, 0.3) is 0 Å². The van der Waals surface area contributed by atoms with Crippen molar-refractivity contribution < 1.29 is 19.4 Å². The van der Waals surface area contributed by atoms with Gasteiger partial charge in [-0.3, -0.25) is 14.5 Å². The van der Waals surface area contributed by atoms with Crippen LogP contribution in [-0.2, 0) is 22.7 Å². The number of carboxylic acids is 1. The van der Waals surface area contributed by atoms with Gasteiger partial charge < -0.3 is 19.6 Å². The lowest BCUT2D eigenvalue weighted by atomic mass is 9.95. The molecule has 3 aromatic rings. The minimum atomic E-state index is -0.699. The van der Waals surface area contributed by atoms with Crippen molar-refractivity contribution in [1.82, 2.24) is 14.8 Å². The van der Waals surface area contributed by atoms with E-state index in [-0.39, 0.29) is 17.7 Å². The molecule has 1 amide bonds. The highest BCUT2D eigenvalue weighted by molar-refractivity contribution is 7.14. The Hall–Kier alpha value is -3.43. The topological polar surface area (TPSA) is 86.2 Å². The molecular formula is C33H42N4O4S. The highest BCUT2D eigenvalue weighted by Crippen LogP contribution is 2.37. The molecule has 0 bridgehead atoms. The summed E-state index contributed by atoms with van der Waals surface area (Å²) in [5, 5.41) is 12.3. The van der Waals surface area contributed by atoms with Gasteiger partial charge in [0.05, 0.1) is 11.6 Å². The van der Waals surface area contributed by atoms with Gasteiger partial charge in [0.2, 0.25) is 5.91 Å². The van der Waals surface area contributed by atoms with Crippen molar-refractivity contribution in [2.75, 3.05) is 45.2 Å². The predicted molar refractivity (Wildman–Crippen MR) is 167 cm³/mol. The number of likely N-dealkylation sites (tertiary alicyclic amines) is 1. The number of hydrogen-bond acceptors (Lipinski definition) is 7. The Bertz CT molecular complexity index is 1400. The zero-order chi connectivity index (χ0) is 29.8. The molecule has 0 aliphatic carbocycles. The van der Waals surface area contributed by atoms with Crippen LogP contribution in [0.3, 0.4) is 0 Å². The number of amides is 1. The highest BCUT2D eigenvalue weighted by Gasteiger charge is 2.27. The fraction of sp³-hybridized carbons (Fsp3) is 0.485. The lowest BCUT2D eigenvalue weighted by molar-refractivity contribution is -0.142. The smallest absolute Gasteiger partial charge is 0.306 e. The Labute approximate surface area is 252 Å². The first-order valence-corrected chi connectivity index (χ1v) is 15.8. The summed E-state index contributed by atoms with van der Waals surface area (Å²) in [5.41, 5.74) is 6.58. The van der Waals surface area contributed by atoms with Crippen LogP contribution in [0, 0.1) is 25.7 Å². The van der Waals surface area contributed by atoms with E-state index >= 15 is 0 Å². The summed E-state index contributed by atoms with van der Waals surface area (Å²) >= 11 is 1.60. The number of piperidine rings is 2. The molecule has 42 heavy (non-hydrogen) atoms. The SMILES string of the molecule is Cc1cc(CN2CCC(C(=O)N(C)C)CC2)ccc1COc1c(C)cccc1-c1csc(N2CCC(C(=O)O)CC2)n1. The molecule has 2 fully saturated rings. The predicted octanol–water partition coefficient (Wildman–Crippen LogP) is 5.61. The third-order valence-electron chi connectivity index (χ3n) is 8.66. The molecule has 5 rings (SSSR count). The van der Waals surface area contributed by atoms with Gasteiger partial charge in [-0.2, -0.15) is 0 Å². The van der Waals surface area contributed by atoms with Gasteiger partial charge in [-0.1, -0.05) is 30.3 Å². The summed E-state index contributed by atoms with van der Waals surface area (Å²) in [6.07, 6.45) is 3.14. The largest absolute Gasteiger partial charge is 0.488 e. The number of rotatable bonds is 9. The van der Waals surface area contributed by atoms with Crippen molar-refractivity contribution in [1.29, 1.82) is 0 Å². The van der Waals surface area contributed by atoms with Gasteiger partial charge in [0, 0.05) is 50.6 Å². The molecule has 2 saturated heterocycles. The number of carbonyl (C=O) groups is 2. The normalized spacial score (nSPS) is 16.9. The van der Waals surface area contributed by atoms with E-state index in [1.165, 1.54) is 11.1 Å². The Kier molecular flexibility index (Phi) is 9.48. The Balaban J connectivity index is 1.21. The molecule has 0 atom stereocenters. The summed E-state index contributed by atoms with van der Waals surface area (Å²) in [6, 6.07) is 12.8. The lowest BCUT2D eigenvalue weighted by Gasteiger charge is -2.32. The van der Waals surface area contributed by atoms with Crippen LogP contribution in [0.2, 0.25) is 0 Å². The zero-order valence-corrected chi connectivity index (χ0v) is 26.0. The van der Waals surface area contributed by atoms with Gasteiger partial charge in [-0.15, -0.1) is 11.3 Å². The van der Waals surface area contributed by atoms with Gasteiger partial charge in [-0.25, -0.2) is 4.98 Å². The zero-order valence-electron chi connectivity index (χ0n) is 25.1. The number of thiazole rings is 1. The summed E-state index contributed by atoms with van der Waals surface area (Å²) in [6.45, 7) is 8.90. The third-order valence-corrected chi connectivity index (χ3v) is 9.56. The summed E-state index contributed by atoms with van der Waals surface area (Å²) in [5.74, 6) is 0.288. The standard InChI is InChI=1S/C33H42N4O4S/c1-22-6-5-7-28(29-21-42-33(34-29)37-16-12-26(13-17-37)32(39)40)30(22)41-20-27-9-8-24(18-23(27)2)19-36-14-10-25(11-15-36)31(38)35(3)4/h5-9,18,21,25-26H,10-17,19-20H2,1-4H3,(H,39,40). The van der Waals surface area contributed by atoms with Crippen LogP contribution in [0.15, 0.2) is 41.8 Å². The molecule has 2 aliphatic heterocycles.